The van der Waals surface area contributed by atoms with Crippen LogP contribution in [0.15, 0.2) is 85.1 Å². The Morgan fingerprint density at radius 3 is 1.14 bits per heavy atom. The van der Waals surface area contributed by atoms with E-state index in [1.807, 2.05) is 0 Å². The quantitative estimate of drug-likeness (QED) is 0.0321. The normalized spacial score (nSPS) is 13.8. The maximum absolute atomic E-state index is 13.3. The van der Waals surface area contributed by atoms with E-state index in [1.54, 1.807) is 0 Å². The molecule has 0 aliphatic heterocycles. The lowest BCUT2D eigenvalue weighted by molar-refractivity contribution is -0.151. The number of esters is 1. The van der Waals surface area contributed by atoms with Crippen LogP contribution >= 0.6 is 0 Å². The van der Waals surface area contributed by atoms with Crippen molar-refractivity contribution >= 4 is 11.9 Å². The molecule has 0 bridgehead atoms. The zero-order valence-electron chi connectivity index (χ0n) is 45.4. The minimum Gasteiger partial charge on any atom is -0.462 e. The molecule has 6 heteroatoms. The van der Waals surface area contributed by atoms with Crippen LogP contribution in [-0.2, 0) is 14.3 Å². The van der Waals surface area contributed by atoms with Gasteiger partial charge in [0.25, 0.3) is 0 Å². The molecule has 3 unspecified atom stereocenters. The number of unbranched alkanes of at least 4 members (excludes halogenated alkanes) is 26. The molecule has 0 radical (unpaired) electrons. The average Bonchev–Trinajstić information content (AvgIpc) is 3.34. The molecular weight excluding hydrogens is 851 g/mol. The summed E-state index contributed by atoms with van der Waals surface area (Å²) in [5.41, 5.74) is 0. The molecule has 6 nitrogen and oxygen atoms in total. The molecule has 3 atom stereocenters. The second-order valence-corrected chi connectivity index (χ2v) is 19.7. The van der Waals surface area contributed by atoms with Crippen molar-refractivity contribution < 1.29 is 24.5 Å². The van der Waals surface area contributed by atoms with Crippen molar-refractivity contribution in [1.82, 2.24) is 5.32 Å². The molecule has 398 valence electrons. The fourth-order valence-electron chi connectivity index (χ4n) is 8.48. The van der Waals surface area contributed by atoms with E-state index in [-0.39, 0.29) is 24.9 Å². The number of hydrogen-bond acceptors (Lipinski definition) is 5. The molecule has 0 aliphatic carbocycles. The van der Waals surface area contributed by atoms with Crippen molar-refractivity contribution in [2.45, 2.75) is 296 Å². The Labute approximate surface area is 427 Å². The summed E-state index contributed by atoms with van der Waals surface area (Å²) in [4.78, 5) is 26.3. The molecule has 69 heavy (non-hydrogen) atoms. The topological polar surface area (TPSA) is 95.9 Å². The lowest BCUT2D eigenvalue weighted by atomic mass is 10.0. The van der Waals surface area contributed by atoms with E-state index in [2.05, 4.69) is 111 Å². The summed E-state index contributed by atoms with van der Waals surface area (Å²) in [5, 5.41) is 23.9. The highest BCUT2D eigenvalue weighted by Gasteiger charge is 2.24. The Balaban J connectivity index is 4.69. The smallest absolute Gasteiger partial charge is 0.306 e. The maximum atomic E-state index is 13.3. The van der Waals surface area contributed by atoms with E-state index in [1.165, 1.54) is 122 Å². The lowest BCUT2D eigenvalue weighted by Gasteiger charge is -2.24. The predicted molar refractivity (Wildman–Crippen MR) is 301 cm³/mol. The van der Waals surface area contributed by atoms with E-state index in [9.17, 15) is 19.8 Å². The van der Waals surface area contributed by atoms with Crippen LogP contribution in [0.3, 0.4) is 0 Å². The van der Waals surface area contributed by atoms with E-state index in [4.69, 9.17) is 4.74 Å². The first-order valence-electron chi connectivity index (χ1n) is 29.3. The fourth-order valence-corrected chi connectivity index (χ4v) is 8.48. The van der Waals surface area contributed by atoms with Crippen molar-refractivity contribution in [3.05, 3.63) is 85.1 Å². The van der Waals surface area contributed by atoms with Gasteiger partial charge in [0.05, 0.1) is 25.2 Å². The van der Waals surface area contributed by atoms with Crippen molar-refractivity contribution in [1.29, 1.82) is 0 Å². The highest BCUT2D eigenvalue weighted by molar-refractivity contribution is 5.77. The minimum atomic E-state index is -0.805. The summed E-state index contributed by atoms with van der Waals surface area (Å²) in [6.45, 7) is 6.43. The largest absolute Gasteiger partial charge is 0.462 e. The number of ether oxygens (including phenoxy) is 1. The summed E-state index contributed by atoms with van der Waals surface area (Å²) in [7, 11) is 0. The first-order chi connectivity index (χ1) is 34.0. The molecule has 0 aromatic carbocycles. The van der Waals surface area contributed by atoms with Gasteiger partial charge in [-0.2, -0.15) is 0 Å². The van der Waals surface area contributed by atoms with Crippen molar-refractivity contribution in [3.63, 3.8) is 0 Å². The number of amides is 1. The number of allylic oxidation sites excluding steroid dienone is 14. The van der Waals surface area contributed by atoms with Gasteiger partial charge in [-0.05, 0) is 109 Å². The number of carbonyl (C=O) groups is 2. The van der Waals surface area contributed by atoms with Crippen LogP contribution in [0.5, 0.6) is 0 Å². The molecule has 0 saturated heterocycles. The van der Waals surface area contributed by atoms with Crippen LogP contribution in [0.25, 0.3) is 0 Å². The fraction of sp³-hybridized carbons (Fsp3) is 0.746. The second kappa shape index (κ2) is 56.0. The molecule has 0 spiro atoms. The van der Waals surface area contributed by atoms with Gasteiger partial charge < -0.3 is 20.3 Å². The van der Waals surface area contributed by atoms with E-state index < -0.39 is 18.2 Å². The van der Waals surface area contributed by atoms with E-state index in [0.29, 0.717) is 19.3 Å². The highest BCUT2D eigenvalue weighted by atomic mass is 16.5. The van der Waals surface area contributed by atoms with Gasteiger partial charge in [0.2, 0.25) is 5.91 Å². The van der Waals surface area contributed by atoms with Gasteiger partial charge in [-0.3, -0.25) is 9.59 Å². The van der Waals surface area contributed by atoms with Gasteiger partial charge in [-0.15, -0.1) is 0 Å². The molecule has 3 N–H and O–H groups in total. The molecule has 0 aromatic rings. The van der Waals surface area contributed by atoms with Crippen molar-refractivity contribution in [2.24, 2.45) is 0 Å². The van der Waals surface area contributed by atoms with Gasteiger partial charge in [0, 0.05) is 6.42 Å². The third kappa shape index (κ3) is 51.2. The van der Waals surface area contributed by atoms with Gasteiger partial charge in [-0.1, -0.05) is 241 Å². The predicted octanol–water partition coefficient (Wildman–Crippen LogP) is 18.3. The number of aliphatic hydroxyl groups excluding tert-OH is 2. The van der Waals surface area contributed by atoms with Crippen LogP contribution in [0.4, 0.5) is 0 Å². The Morgan fingerprint density at radius 2 is 0.739 bits per heavy atom. The third-order valence-electron chi connectivity index (χ3n) is 12.9. The zero-order valence-corrected chi connectivity index (χ0v) is 45.4. The van der Waals surface area contributed by atoms with E-state index >= 15 is 0 Å². The van der Waals surface area contributed by atoms with Crippen LogP contribution in [0, 0.1) is 0 Å². The Bertz CT molecular complexity index is 1310. The zero-order chi connectivity index (χ0) is 50.2. The number of carbonyl (C=O) groups excluding carboxylic acids is 2. The number of aliphatic hydroxyl groups is 2. The molecule has 0 saturated carbocycles. The molecule has 1 amide bonds. The highest BCUT2D eigenvalue weighted by Crippen LogP contribution is 2.17. The first kappa shape index (κ1) is 66.0. The molecule has 0 rings (SSSR count). The lowest BCUT2D eigenvalue weighted by Crippen LogP contribution is -2.46. The molecule has 0 heterocycles. The van der Waals surface area contributed by atoms with Gasteiger partial charge in [-0.25, -0.2) is 0 Å². The van der Waals surface area contributed by atoms with Gasteiger partial charge in [0.1, 0.15) is 6.10 Å². The second-order valence-electron chi connectivity index (χ2n) is 19.7. The summed E-state index contributed by atoms with van der Waals surface area (Å²) in [5.74, 6) is -0.530. The third-order valence-corrected chi connectivity index (χ3v) is 12.9. The number of nitrogens with one attached hydrogen (secondary N) is 1. The van der Waals surface area contributed by atoms with Gasteiger partial charge in [0.15, 0.2) is 0 Å². The summed E-state index contributed by atoms with van der Waals surface area (Å²) < 4.78 is 5.94. The Hall–Kier alpha value is -2.96. The molecule has 0 fully saturated rings. The Kier molecular flexibility index (Phi) is 53.6. The SMILES string of the molecule is CCCCC/C=C\C/C=C\C/C=C\C/C=C\CCCCCC(=O)OC(CCCCCC/C=C\C/C=C\C/C=C\CCCCC)CC(=O)NC(CO)C(O)CCCCCCCCCCCCCCCC. The number of hydrogen-bond donors (Lipinski definition) is 3. The Morgan fingerprint density at radius 1 is 0.420 bits per heavy atom. The minimum absolute atomic E-state index is 0.0464. The average molecular weight is 963 g/mol. The van der Waals surface area contributed by atoms with Crippen molar-refractivity contribution in [2.75, 3.05) is 6.61 Å². The summed E-state index contributed by atoms with van der Waals surface area (Å²) in [6.07, 6.45) is 73.5. The van der Waals surface area contributed by atoms with Crippen molar-refractivity contribution in [3.8, 4) is 0 Å². The molecule has 0 aliphatic rings. The van der Waals surface area contributed by atoms with E-state index in [0.717, 1.165) is 109 Å². The molecule has 0 aromatic heterocycles. The monoisotopic (exact) mass is 962 g/mol. The van der Waals surface area contributed by atoms with Crippen LogP contribution in [-0.4, -0.2) is 46.9 Å². The number of rotatable bonds is 52. The first-order valence-corrected chi connectivity index (χ1v) is 29.3. The van der Waals surface area contributed by atoms with Crippen LogP contribution in [0.1, 0.15) is 278 Å². The maximum Gasteiger partial charge on any atom is 0.306 e. The van der Waals surface area contributed by atoms with Crippen LogP contribution < -0.4 is 5.32 Å². The van der Waals surface area contributed by atoms with Crippen LogP contribution in [0.2, 0.25) is 0 Å². The molecular formula is C63H111NO5. The van der Waals surface area contributed by atoms with Gasteiger partial charge >= 0.3 is 5.97 Å². The summed E-state index contributed by atoms with van der Waals surface area (Å²) in [6, 6.07) is -0.721. The summed E-state index contributed by atoms with van der Waals surface area (Å²) >= 11 is 0. The standard InChI is InChI=1S/C63H111NO5/c1-4-7-10-13-16-19-22-25-28-30-31-33-35-38-41-44-47-50-53-56-63(68)69-59(54-51-48-45-42-39-36-34-32-29-26-23-20-17-14-11-8-5-2)57-62(67)64-60(58-65)61(66)55-52-49-46-43-40-37-27-24-21-18-15-12-9-6-3/h16-17,19-20,25-26,28-29,31,33-34,36,38,41,59-61,65-66H,4-15,18,21-24,27,30,32,35,37,39-40,42-58H2,1-3H3,(H,64,67)/b19-16-,20-17-,28-25-,29-26-,33-31-,36-34-,41-38-.